The van der Waals surface area contributed by atoms with E-state index in [4.69, 9.17) is 0 Å². The van der Waals surface area contributed by atoms with Crippen LogP contribution in [0.1, 0.15) is 13.8 Å². The number of hydrogen-bond acceptors (Lipinski definition) is 4. The Morgan fingerprint density at radius 1 is 0.697 bits per heavy atom. The molecule has 0 spiro atoms. The topological polar surface area (TPSA) is 116 Å². The number of sulfonamides is 1. The minimum atomic E-state index is -3.87. The summed E-state index contributed by atoms with van der Waals surface area (Å²) >= 11 is 0. The zero-order chi connectivity index (χ0) is 23.8. The molecular weight excluding hydrogens is 440 g/mol. The second-order valence-electron chi connectivity index (χ2n) is 7.67. The highest BCUT2D eigenvalue weighted by molar-refractivity contribution is 7.89. The SMILES string of the molecule is CC(C)[C@@H](NS(=O)(=O)c1ccccc1)C(=O)Nc1cccc(NC(=O)Nc2ccccc2)c1. The van der Waals surface area contributed by atoms with Crippen LogP contribution in [0.4, 0.5) is 21.9 Å². The van der Waals surface area contributed by atoms with Gasteiger partial charge < -0.3 is 16.0 Å². The highest BCUT2D eigenvalue weighted by atomic mass is 32.2. The average molecular weight is 467 g/mol. The molecule has 3 amide bonds. The van der Waals surface area contributed by atoms with Gasteiger partial charge in [-0.3, -0.25) is 4.79 Å². The molecule has 0 saturated heterocycles. The smallest absolute Gasteiger partial charge is 0.323 e. The van der Waals surface area contributed by atoms with Gasteiger partial charge in [0.15, 0.2) is 0 Å². The van der Waals surface area contributed by atoms with Crippen LogP contribution in [0.5, 0.6) is 0 Å². The van der Waals surface area contributed by atoms with Crippen molar-refractivity contribution in [3.05, 3.63) is 84.9 Å². The summed E-state index contributed by atoms with van der Waals surface area (Å²) in [6.07, 6.45) is 0. The first-order valence-corrected chi connectivity index (χ1v) is 11.8. The maximum absolute atomic E-state index is 12.9. The molecule has 0 fully saturated rings. The Kier molecular flexibility index (Phi) is 7.81. The molecular formula is C24H26N4O4S. The lowest BCUT2D eigenvalue weighted by atomic mass is 10.0. The number of benzene rings is 3. The molecule has 0 aromatic heterocycles. The predicted molar refractivity (Wildman–Crippen MR) is 130 cm³/mol. The number of anilines is 3. The van der Waals surface area contributed by atoms with E-state index in [0.717, 1.165) is 0 Å². The summed E-state index contributed by atoms with van der Waals surface area (Å²) in [7, 11) is -3.87. The van der Waals surface area contributed by atoms with E-state index in [1.54, 1.807) is 68.4 Å². The van der Waals surface area contributed by atoms with Gasteiger partial charge >= 0.3 is 6.03 Å². The van der Waals surface area contributed by atoms with Crippen LogP contribution in [0.3, 0.4) is 0 Å². The molecule has 0 heterocycles. The average Bonchev–Trinajstić information content (AvgIpc) is 2.78. The van der Waals surface area contributed by atoms with E-state index >= 15 is 0 Å². The van der Waals surface area contributed by atoms with Crippen LogP contribution in [0.15, 0.2) is 89.8 Å². The highest BCUT2D eigenvalue weighted by Crippen LogP contribution is 2.18. The molecule has 0 aliphatic rings. The minimum Gasteiger partial charge on any atom is -0.325 e. The third-order valence-corrected chi connectivity index (χ3v) is 6.16. The number of amides is 3. The molecule has 0 radical (unpaired) electrons. The van der Waals surface area contributed by atoms with Crippen molar-refractivity contribution >= 4 is 39.0 Å². The number of carbonyl (C=O) groups excluding carboxylic acids is 2. The van der Waals surface area contributed by atoms with Crippen LogP contribution in [-0.2, 0) is 14.8 Å². The van der Waals surface area contributed by atoms with Gasteiger partial charge in [-0.05, 0) is 48.4 Å². The van der Waals surface area contributed by atoms with Crippen LogP contribution in [0.25, 0.3) is 0 Å². The van der Waals surface area contributed by atoms with Crippen molar-refractivity contribution in [2.75, 3.05) is 16.0 Å². The largest absolute Gasteiger partial charge is 0.325 e. The molecule has 3 aromatic rings. The number of nitrogens with one attached hydrogen (secondary N) is 4. The molecule has 8 nitrogen and oxygen atoms in total. The van der Waals surface area contributed by atoms with Crippen LogP contribution in [0, 0.1) is 5.92 Å². The molecule has 3 aromatic carbocycles. The van der Waals surface area contributed by atoms with Crippen LogP contribution in [0.2, 0.25) is 0 Å². The fourth-order valence-corrected chi connectivity index (χ4v) is 4.40. The van der Waals surface area contributed by atoms with Crippen LogP contribution in [-0.4, -0.2) is 26.4 Å². The van der Waals surface area contributed by atoms with Crippen molar-refractivity contribution < 1.29 is 18.0 Å². The van der Waals surface area contributed by atoms with Gasteiger partial charge in [0.05, 0.1) is 4.90 Å². The first-order valence-electron chi connectivity index (χ1n) is 10.4. The number of rotatable bonds is 8. The maximum atomic E-state index is 12.9. The Hall–Kier alpha value is -3.69. The third kappa shape index (κ3) is 6.90. The number of urea groups is 1. The monoisotopic (exact) mass is 466 g/mol. The Morgan fingerprint density at radius 3 is 1.82 bits per heavy atom. The Bertz CT molecular complexity index is 1200. The molecule has 1 atom stereocenters. The fraction of sp³-hybridized carbons (Fsp3) is 0.167. The van der Waals surface area contributed by atoms with E-state index in [2.05, 4.69) is 20.7 Å². The van der Waals surface area contributed by atoms with E-state index in [1.807, 2.05) is 18.2 Å². The number of para-hydroxylation sites is 1. The normalized spacial score (nSPS) is 12.1. The lowest BCUT2D eigenvalue weighted by Crippen LogP contribution is -2.47. The second kappa shape index (κ2) is 10.8. The third-order valence-electron chi connectivity index (χ3n) is 4.70. The summed E-state index contributed by atoms with van der Waals surface area (Å²) in [5, 5.41) is 8.14. The van der Waals surface area contributed by atoms with Crippen molar-refractivity contribution in [2.24, 2.45) is 5.92 Å². The van der Waals surface area contributed by atoms with Crippen LogP contribution < -0.4 is 20.7 Å². The van der Waals surface area contributed by atoms with Gasteiger partial charge in [0.2, 0.25) is 15.9 Å². The van der Waals surface area contributed by atoms with Crippen molar-refractivity contribution in [3.8, 4) is 0 Å². The van der Waals surface area contributed by atoms with E-state index in [1.165, 1.54) is 12.1 Å². The van der Waals surface area contributed by atoms with Gasteiger partial charge in [-0.15, -0.1) is 0 Å². The second-order valence-corrected chi connectivity index (χ2v) is 9.39. The summed E-state index contributed by atoms with van der Waals surface area (Å²) in [6, 6.07) is 22.0. The molecule has 0 aliphatic heterocycles. The van der Waals surface area contributed by atoms with E-state index in [-0.39, 0.29) is 10.8 Å². The molecule has 0 saturated carbocycles. The van der Waals surface area contributed by atoms with Crippen LogP contribution >= 0.6 is 0 Å². The van der Waals surface area contributed by atoms with Gasteiger partial charge in [-0.25, -0.2) is 13.2 Å². The van der Waals surface area contributed by atoms with E-state index < -0.39 is 28.0 Å². The number of hydrogen-bond donors (Lipinski definition) is 4. The molecule has 4 N–H and O–H groups in total. The van der Waals surface area contributed by atoms with Crippen molar-refractivity contribution in [3.63, 3.8) is 0 Å². The number of carbonyl (C=O) groups is 2. The molecule has 0 aliphatic carbocycles. The molecule has 33 heavy (non-hydrogen) atoms. The van der Waals surface area contributed by atoms with Gasteiger partial charge in [-0.1, -0.05) is 56.3 Å². The van der Waals surface area contributed by atoms with Crippen molar-refractivity contribution in [1.29, 1.82) is 0 Å². The molecule has 0 unspecified atom stereocenters. The van der Waals surface area contributed by atoms with Gasteiger partial charge in [-0.2, -0.15) is 4.72 Å². The Morgan fingerprint density at radius 2 is 1.21 bits per heavy atom. The summed E-state index contributed by atoms with van der Waals surface area (Å²) in [5.74, 6) is -0.808. The summed E-state index contributed by atoms with van der Waals surface area (Å²) in [5.41, 5.74) is 1.53. The van der Waals surface area contributed by atoms with E-state index in [9.17, 15) is 18.0 Å². The lowest BCUT2D eigenvalue weighted by Gasteiger charge is -2.22. The summed E-state index contributed by atoms with van der Waals surface area (Å²) < 4.78 is 27.9. The molecule has 3 rings (SSSR count). The Labute approximate surface area is 193 Å². The lowest BCUT2D eigenvalue weighted by molar-refractivity contribution is -0.118. The van der Waals surface area contributed by atoms with Crippen molar-refractivity contribution in [2.45, 2.75) is 24.8 Å². The molecule has 0 bridgehead atoms. The fourth-order valence-electron chi connectivity index (χ4n) is 3.04. The zero-order valence-electron chi connectivity index (χ0n) is 18.3. The maximum Gasteiger partial charge on any atom is 0.323 e. The first kappa shape index (κ1) is 24.0. The Balaban J connectivity index is 1.67. The minimum absolute atomic E-state index is 0.0825. The molecule has 172 valence electrons. The predicted octanol–water partition coefficient (Wildman–Crippen LogP) is 4.27. The standard InChI is InChI=1S/C24H26N4O4S/c1-17(2)22(28-33(31,32)21-14-7-4-8-15-21)23(29)25-19-12-9-13-20(16-19)27-24(30)26-18-10-5-3-6-11-18/h3-17,22,28H,1-2H3,(H,25,29)(H2,26,27,30)/t22-/m1/s1. The van der Waals surface area contributed by atoms with Crippen molar-refractivity contribution in [1.82, 2.24) is 4.72 Å². The van der Waals surface area contributed by atoms with Gasteiger partial charge in [0, 0.05) is 17.1 Å². The summed E-state index contributed by atoms with van der Waals surface area (Å²) in [6.45, 7) is 3.51. The molecule has 9 heteroatoms. The van der Waals surface area contributed by atoms with E-state index in [0.29, 0.717) is 17.1 Å². The summed E-state index contributed by atoms with van der Waals surface area (Å²) in [4.78, 5) is 25.2. The van der Waals surface area contributed by atoms with Gasteiger partial charge in [0.1, 0.15) is 6.04 Å². The quantitative estimate of drug-likeness (QED) is 0.397. The van der Waals surface area contributed by atoms with Gasteiger partial charge in [0.25, 0.3) is 0 Å². The highest BCUT2D eigenvalue weighted by Gasteiger charge is 2.28. The first-order chi connectivity index (χ1) is 15.7. The zero-order valence-corrected chi connectivity index (χ0v) is 19.1.